The Balaban J connectivity index is 2.20. The second-order valence-corrected chi connectivity index (χ2v) is 4.86. The Morgan fingerprint density at radius 2 is 1.95 bits per heavy atom. The van der Waals surface area contributed by atoms with Gasteiger partial charge in [0.2, 0.25) is 5.91 Å². The van der Waals surface area contributed by atoms with Gasteiger partial charge in [0.05, 0.1) is 12.6 Å². The minimum atomic E-state index is -4.48. The number of rotatable bonds is 3. The second kappa shape index (κ2) is 5.59. The van der Waals surface area contributed by atoms with Crippen LogP contribution in [0.4, 0.5) is 22.0 Å². The molecule has 1 heterocycles. The van der Waals surface area contributed by atoms with E-state index in [4.69, 9.17) is 5.73 Å². The first kappa shape index (κ1) is 15.7. The Morgan fingerprint density at radius 1 is 1.29 bits per heavy atom. The van der Waals surface area contributed by atoms with E-state index < -0.39 is 42.2 Å². The fraction of sp³-hybridized carbons (Fsp3) is 0.385. The van der Waals surface area contributed by atoms with Crippen LogP contribution in [0.3, 0.4) is 0 Å². The van der Waals surface area contributed by atoms with Crippen LogP contribution in [-0.4, -0.2) is 36.1 Å². The van der Waals surface area contributed by atoms with Gasteiger partial charge in [-0.15, -0.1) is 0 Å². The zero-order chi connectivity index (χ0) is 15.8. The van der Waals surface area contributed by atoms with Gasteiger partial charge in [0.1, 0.15) is 0 Å². The lowest BCUT2D eigenvalue weighted by Crippen LogP contribution is -2.44. The lowest BCUT2D eigenvalue weighted by molar-refractivity contribution is -0.150. The Morgan fingerprint density at radius 3 is 2.48 bits per heavy atom. The van der Waals surface area contributed by atoms with Crippen molar-refractivity contribution in [2.45, 2.75) is 18.1 Å². The summed E-state index contributed by atoms with van der Waals surface area (Å²) in [7, 11) is 0. The molecule has 1 fully saturated rings. The number of carbonyl (C=O) groups excluding carboxylic acids is 1. The van der Waals surface area contributed by atoms with Crippen LogP contribution in [-0.2, 0) is 4.79 Å². The number of halogens is 5. The predicted octanol–water partition coefficient (Wildman–Crippen LogP) is 1.98. The molecule has 115 valence electrons. The maximum atomic E-state index is 13.2. The maximum Gasteiger partial charge on any atom is 0.401 e. The van der Waals surface area contributed by atoms with Crippen LogP contribution >= 0.6 is 0 Å². The topological polar surface area (TPSA) is 46.3 Å². The van der Waals surface area contributed by atoms with Gasteiger partial charge in [-0.2, -0.15) is 13.2 Å². The number of nitrogens with two attached hydrogens (primary N) is 1. The van der Waals surface area contributed by atoms with Gasteiger partial charge in [-0.1, -0.05) is 6.07 Å². The molecule has 1 amide bonds. The first-order valence-corrected chi connectivity index (χ1v) is 6.07. The Hall–Kier alpha value is -1.70. The van der Waals surface area contributed by atoms with E-state index in [0.717, 1.165) is 17.0 Å². The van der Waals surface area contributed by atoms with Crippen molar-refractivity contribution >= 4 is 5.91 Å². The maximum absolute atomic E-state index is 13.2. The zero-order valence-corrected chi connectivity index (χ0v) is 10.7. The summed E-state index contributed by atoms with van der Waals surface area (Å²) < 4.78 is 63.5. The number of benzene rings is 1. The SMILES string of the molecule is NC(=O)C1[CH][C@H](c2ccc(F)c(F)c2)CN1CC(F)(F)F. The molecule has 1 unspecified atom stereocenters. The van der Waals surface area contributed by atoms with Crippen molar-refractivity contribution < 1.29 is 26.7 Å². The molecule has 1 saturated heterocycles. The molecular formula is C13H12F5N2O. The van der Waals surface area contributed by atoms with E-state index in [2.05, 4.69) is 0 Å². The Kier molecular flexibility index (Phi) is 4.18. The van der Waals surface area contributed by atoms with Crippen LogP contribution in [0.15, 0.2) is 18.2 Å². The molecule has 1 aliphatic rings. The number of hydrogen-bond donors (Lipinski definition) is 1. The van der Waals surface area contributed by atoms with Crippen molar-refractivity contribution in [1.82, 2.24) is 4.90 Å². The largest absolute Gasteiger partial charge is 0.401 e. The molecular weight excluding hydrogens is 295 g/mol. The Labute approximate surface area is 117 Å². The molecule has 1 aromatic carbocycles. The Bertz CT molecular complexity index is 546. The number of primary amides is 1. The van der Waals surface area contributed by atoms with Crippen LogP contribution < -0.4 is 5.73 Å². The van der Waals surface area contributed by atoms with Gasteiger partial charge in [0, 0.05) is 12.5 Å². The molecule has 0 aliphatic carbocycles. The average Bonchev–Trinajstić information content (AvgIpc) is 2.74. The van der Waals surface area contributed by atoms with Crippen molar-refractivity contribution in [3.8, 4) is 0 Å². The summed E-state index contributed by atoms with van der Waals surface area (Å²) in [5.74, 6) is -3.68. The molecule has 1 radical (unpaired) electrons. The van der Waals surface area contributed by atoms with Gasteiger partial charge in [-0.3, -0.25) is 9.69 Å². The van der Waals surface area contributed by atoms with Crippen molar-refractivity contribution in [2.75, 3.05) is 13.1 Å². The number of carbonyl (C=O) groups is 1. The van der Waals surface area contributed by atoms with Crippen LogP contribution in [0.25, 0.3) is 0 Å². The summed E-state index contributed by atoms with van der Waals surface area (Å²) in [6.07, 6.45) is -3.16. The molecule has 0 spiro atoms. The van der Waals surface area contributed by atoms with Crippen LogP contribution in [0.2, 0.25) is 0 Å². The zero-order valence-electron chi connectivity index (χ0n) is 10.7. The molecule has 1 aromatic rings. The fourth-order valence-corrected chi connectivity index (χ4v) is 2.40. The summed E-state index contributed by atoms with van der Waals surface area (Å²) in [5, 5.41) is 0. The van der Waals surface area contributed by atoms with Crippen LogP contribution in [0.5, 0.6) is 0 Å². The van der Waals surface area contributed by atoms with E-state index in [-0.39, 0.29) is 6.54 Å². The highest BCUT2D eigenvalue weighted by molar-refractivity contribution is 5.82. The highest BCUT2D eigenvalue weighted by Gasteiger charge is 2.42. The molecule has 0 aromatic heterocycles. The molecule has 3 nitrogen and oxygen atoms in total. The predicted molar refractivity (Wildman–Crippen MR) is 64.0 cm³/mol. The van der Waals surface area contributed by atoms with Gasteiger partial charge in [-0.05, 0) is 24.1 Å². The van der Waals surface area contributed by atoms with Gasteiger partial charge in [0.15, 0.2) is 11.6 Å². The number of alkyl halides is 3. The van der Waals surface area contributed by atoms with E-state index in [1.165, 1.54) is 12.5 Å². The third-order valence-corrected chi connectivity index (χ3v) is 3.28. The molecule has 2 atom stereocenters. The third-order valence-electron chi connectivity index (χ3n) is 3.28. The van der Waals surface area contributed by atoms with Crippen molar-refractivity contribution in [1.29, 1.82) is 0 Å². The monoisotopic (exact) mass is 307 g/mol. The molecule has 0 saturated carbocycles. The highest BCUT2D eigenvalue weighted by Crippen LogP contribution is 2.33. The van der Waals surface area contributed by atoms with Crippen molar-refractivity contribution in [3.63, 3.8) is 0 Å². The van der Waals surface area contributed by atoms with E-state index in [0.29, 0.717) is 5.56 Å². The normalized spacial score (nSPS) is 23.5. The average molecular weight is 307 g/mol. The molecule has 2 N–H and O–H groups in total. The minimum Gasteiger partial charge on any atom is -0.368 e. The number of hydrogen-bond acceptors (Lipinski definition) is 2. The van der Waals surface area contributed by atoms with Crippen LogP contribution in [0, 0.1) is 18.1 Å². The van der Waals surface area contributed by atoms with E-state index in [9.17, 15) is 26.7 Å². The quantitative estimate of drug-likeness (QED) is 0.868. The first-order chi connectivity index (χ1) is 9.67. The summed E-state index contributed by atoms with van der Waals surface area (Å²) in [6, 6.07) is 1.88. The van der Waals surface area contributed by atoms with Gasteiger partial charge in [0.25, 0.3) is 0 Å². The summed E-state index contributed by atoms with van der Waals surface area (Å²) in [5.41, 5.74) is 5.38. The van der Waals surface area contributed by atoms with Crippen molar-refractivity contribution in [2.24, 2.45) is 5.73 Å². The van der Waals surface area contributed by atoms with E-state index in [1.807, 2.05) is 0 Å². The second-order valence-electron chi connectivity index (χ2n) is 4.86. The van der Waals surface area contributed by atoms with E-state index in [1.54, 1.807) is 0 Å². The fourth-order valence-electron chi connectivity index (χ4n) is 2.40. The smallest absolute Gasteiger partial charge is 0.368 e. The van der Waals surface area contributed by atoms with Gasteiger partial charge < -0.3 is 5.73 Å². The molecule has 1 aliphatic heterocycles. The lowest BCUT2D eigenvalue weighted by atomic mass is 9.96. The van der Waals surface area contributed by atoms with E-state index >= 15 is 0 Å². The highest BCUT2D eigenvalue weighted by atomic mass is 19.4. The third kappa shape index (κ3) is 3.69. The molecule has 2 rings (SSSR count). The standard InChI is InChI=1S/C13H12F5N2O/c14-9-2-1-7(3-10(9)15)8-4-11(12(19)21)20(5-8)6-13(16,17)18/h1-4,8,11H,5-6H2,(H2,19,21)/t8-,11?/m0/s1. The van der Waals surface area contributed by atoms with Gasteiger partial charge >= 0.3 is 6.18 Å². The summed E-state index contributed by atoms with van der Waals surface area (Å²) >= 11 is 0. The number of likely N-dealkylation sites (tertiary alicyclic amines) is 1. The minimum absolute atomic E-state index is 0.141. The van der Waals surface area contributed by atoms with Gasteiger partial charge in [-0.25, -0.2) is 8.78 Å². The number of amides is 1. The van der Waals surface area contributed by atoms with Crippen LogP contribution in [0.1, 0.15) is 11.5 Å². The summed E-state index contributed by atoms with van der Waals surface area (Å²) in [6.45, 7) is -1.44. The summed E-state index contributed by atoms with van der Waals surface area (Å²) in [4.78, 5) is 12.1. The first-order valence-electron chi connectivity index (χ1n) is 6.07. The molecule has 0 bridgehead atoms. The molecule has 21 heavy (non-hydrogen) atoms. The lowest BCUT2D eigenvalue weighted by Gasteiger charge is -2.22. The number of nitrogens with zero attached hydrogens (tertiary/aromatic N) is 1. The molecule has 8 heteroatoms. The van der Waals surface area contributed by atoms with Crippen molar-refractivity contribution in [3.05, 3.63) is 41.8 Å².